The molecule has 29 heavy (non-hydrogen) atoms. The lowest BCUT2D eigenvalue weighted by Gasteiger charge is -2.33. The summed E-state index contributed by atoms with van der Waals surface area (Å²) in [5, 5.41) is 12.5. The maximum Gasteiger partial charge on any atom is 0.271 e. The molecule has 4 rings (SSSR count). The smallest absolute Gasteiger partial charge is 0.271 e. The van der Waals surface area contributed by atoms with Gasteiger partial charge in [-0.15, -0.1) is 0 Å². The molecule has 3 heterocycles. The molecule has 8 nitrogen and oxygen atoms in total. The molecule has 1 aromatic carbocycles. The molecular formula is C21H21N5O3. The molecule has 2 amide bonds. The van der Waals surface area contributed by atoms with Crippen molar-refractivity contribution in [2.75, 3.05) is 6.54 Å². The second-order valence-electron chi connectivity index (χ2n) is 6.95. The van der Waals surface area contributed by atoms with Crippen LogP contribution in [0.5, 0.6) is 5.75 Å². The first-order chi connectivity index (χ1) is 14.0. The summed E-state index contributed by atoms with van der Waals surface area (Å²) in [7, 11) is 0. The van der Waals surface area contributed by atoms with Crippen molar-refractivity contribution < 1.29 is 14.7 Å². The molecule has 1 atom stereocenters. The third-order valence-corrected chi connectivity index (χ3v) is 4.99. The van der Waals surface area contributed by atoms with Crippen LogP contribution in [0.1, 0.15) is 45.2 Å². The van der Waals surface area contributed by atoms with Gasteiger partial charge in [0.05, 0.1) is 6.04 Å². The van der Waals surface area contributed by atoms with Gasteiger partial charge in [0.25, 0.3) is 11.8 Å². The normalized spacial score (nSPS) is 15.6. The molecule has 0 unspecified atom stereocenters. The van der Waals surface area contributed by atoms with Crippen LogP contribution in [0.15, 0.2) is 55.0 Å². The van der Waals surface area contributed by atoms with Crippen LogP contribution in [-0.4, -0.2) is 42.9 Å². The summed E-state index contributed by atoms with van der Waals surface area (Å²) >= 11 is 0. The lowest BCUT2D eigenvalue weighted by atomic mass is 10.1. The second-order valence-corrected chi connectivity index (χ2v) is 6.95. The number of rotatable bonds is 4. The number of hydrogen-bond acceptors (Lipinski definition) is 5. The van der Waals surface area contributed by atoms with Crippen LogP contribution >= 0.6 is 0 Å². The largest absolute Gasteiger partial charge is 0.508 e. The Kier molecular flexibility index (Phi) is 4.99. The van der Waals surface area contributed by atoms with Crippen molar-refractivity contribution in [2.45, 2.75) is 26.1 Å². The van der Waals surface area contributed by atoms with E-state index < -0.39 is 0 Å². The van der Waals surface area contributed by atoms with Crippen LogP contribution in [0.3, 0.4) is 0 Å². The van der Waals surface area contributed by atoms with E-state index in [-0.39, 0.29) is 23.6 Å². The fraction of sp³-hybridized carbons (Fsp3) is 0.238. The van der Waals surface area contributed by atoms with E-state index in [1.165, 1.54) is 12.1 Å². The summed E-state index contributed by atoms with van der Waals surface area (Å²) in [4.78, 5) is 35.6. The van der Waals surface area contributed by atoms with Gasteiger partial charge < -0.3 is 19.9 Å². The highest BCUT2D eigenvalue weighted by atomic mass is 16.3. The molecule has 2 N–H and O–H groups in total. The number of nitrogens with one attached hydrogen (secondary N) is 1. The van der Waals surface area contributed by atoms with E-state index in [1.807, 2.05) is 23.6 Å². The van der Waals surface area contributed by atoms with E-state index in [1.54, 1.807) is 35.6 Å². The van der Waals surface area contributed by atoms with Crippen molar-refractivity contribution in [2.24, 2.45) is 0 Å². The number of pyridine rings is 1. The predicted octanol–water partition coefficient (Wildman–Crippen LogP) is 2.13. The third kappa shape index (κ3) is 3.82. The van der Waals surface area contributed by atoms with Crippen LogP contribution in [0.25, 0.3) is 0 Å². The molecule has 0 bridgehead atoms. The highest BCUT2D eigenvalue weighted by Gasteiger charge is 2.31. The lowest BCUT2D eigenvalue weighted by Crippen LogP contribution is -2.41. The quantitative estimate of drug-likeness (QED) is 0.710. The zero-order valence-electron chi connectivity index (χ0n) is 15.9. The van der Waals surface area contributed by atoms with Crippen molar-refractivity contribution in [1.82, 2.24) is 24.8 Å². The molecule has 3 aromatic rings. The van der Waals surface area contributed by atoms with Crippen molar-refractivity contribution in [3.8, 4) is 5.75 Å². The highest BCUT2D eigenvalue weighted by Crippen LogP contribution is 2.27. The first-order valence-electron chi connectivity index (χ1n) is 9.37. The number of imidazole rings is 1. The van der Waals surface area contributed by atoms with Crippen LogP contribution in [0, 0.1) is 0 Å². The Morgan fingerprint density at radius 2 is 2.10 bits per heavy atom. The molecule has 0 radical (unpaired) electrons. The van der Waals surface area contributed by atoms with Gasteiger partial charge in [0.1, 0.15) is 17.3 Å². The number of fused-ring (bicyclic) bond motifs is 1. The number of benzene rings is 1. The van der Waals surface area contributed by atoms with E-state index in [9.17, 15) is 14.7 Å². The first-order valence-corrected chi connectivity index (χ1v) is 9.37. The van der Waals surface area contributed by atoms with Crippen LogP contribution in [0.4, 0.5) is 0 Å². The molecule has 2 aromatic heterocycles. The third-order valence-electron chi connectivity index (χ3n) is 4.99. The fourth-order valence-electron chi connectivity index (χ4n) is 3.46. The molecular weight excluding hydrogens is 370 g/mol. The summed E-state index contributed by atoms with van der Waals surface area (Å²) in [5.41, 5.74) is 1.65. The van der Waals surface area contributed by atoms with Gasteiger partial charge in [0.2, 0.25) is 0 Å². The minimum absolute atomic E-state index is 0.0505. The first kappa shape index (κ1) is 18.7. The molecule has 0 fully saturated rings. The number of aromatic nitrogens is 3. The van der Waals surface area contributed by atoms with Crippen LogP contribution in [0.2, 0.25) is 0 Å². The van der Waals surface area contributed by atoms with Gasteiger partial charge in [-0.3, -0.25) is 14.6 Å². The number of phenolic OH excluding ortho intramolecular Hbond substituents is 1. The average molecular weight is 391 g/mol. The van der Waals surface area contributed by atoms with E-state index in [2.05, 4.69) is 15.3 Å². The molecule has 0 saturated carbocycles. The number of hydrogen-bond donors (Lipinski definition) is 2. The maximum absolute atomic E-state index is 12.9. The Morgan fingerprint density at radius 3 is 2.86 bits per heavy atom. The minimum atomic E-state index is -0.293. The number of nitrogens with zero attached hydrogens (tertiary/aromatic N) is 4. The standard InChI is InChI=1S/C21H21N5O3/c1-14-19-24-18(20(28)23-12-15-4-3-7-22-11-15)13-25(19)8-9-26(14)21(29)16-5-2-6-17(27)10-16/h2-7,10-11,13-14,27H,8-9,12H2,1H3,(H,23,28)/t14-/m0/s1. The summed E-state index contributed by atoms with van der Waals surface area (Å²) in [6, 6.07) is 9.70. The monoisotopic (exact) mass is 391 g/mol. The Morgan fingerprint density at radius 1 is 1.24 bits per heavy atom. The lowest BCUT2D eigenvalue weighted by molar-refractivity contribution is 0.0637. The zero-order valence-corrected chi connectivity index (χ0v) is 15.9. The number of aromatic hydroxyl groups is 1. The minimum Gasteiger partial charge on any atom is -0.508 e. The Hall–Kier alpha value is -3.68. The summed E-state index contributed by atoms with van der Waals surface area (Å²) in [5.74, 6) is 0.268. The number of carbonyl (C=O) groups is 2. The van der Waals surface area contributed by atoms with E-state index in [0.717, 1.165) is 5.56 Å². The number of amides is 2. The summed E-state index contributed by atoms with van der Waals surface area (Å²) in [6.45, 7) is 3.30. The van der Waals surface area contributed by atoms with Crippen molar-refractivity contribution >= 4 is 11.8 Å². The zero-order chi connectivity index (χ0) is 20.4. The van der Waals surface area contributed by atoms with Crippen LogP contribution < -0.4 is 5.32 Å². The SMILES string of the molecule is C[C@H]1c2nc(C(=O)NCc3cccnc3)cn2CCN1C(=O)c1cccc(O)c1. The molecule has 0 aliphatic carbocycles. The van der Waals surface area contributed by atoms with Crippen molar-refractivity contribution in [3.63, 3.8) is 0 Å². The predicted molar refractivity (Wildman–Crippen MR) is 105 cm³/mol. The van der Waals surface area contributed by atoms with Crippen molar-refractivity contribution in [3.05, 3.63) is 77.6 Å². The molecule has 8 heteroatoms. The van der Waals surface area contributed by atoms with Gasteiger partial charge in [0.15, 0.2) is 0 Å². The second kappa shape index (κ2) is 7.75. The van der Waals surface area contributed by atoms with Gasteiger partial charge in [0, 0.05) is 43.8 Å². The van der Waals surface area contributed by atoms with Gasteiger partial charge in [-0.25, -0.2) is 4.98 Å². The molecule has 1 aliphatic rings. The topological polar surface area (TPSA) is 100 Å². The fourth-order valence-corrected chi connectivity index (χ4v) is 3.46. The van der Waals surface area contributed by atoms with Crippen LogP contribution in [-0.2, 0) is 13.1 Å². The Bertz CT molecular complexity index is 1050. The molecule has 0 spiro atoms. The Labute approximate surface area is 167 Å². The average Bonchev–Trinajstić information content (AvgIpc) is 3.18. The maximum atomic E-state index is 12.9. The summed E-state index contributed by atoms with van der Waals surface area (Å²) < 4.78 is 1.91. The van der Waals surface area contributed by atoms with Crippen molar-refractivity contribution in [1.29, 1.82) is 0 Å². The number of phenols is 1. The Balaban J connectivity index is 1.48. The van der Waals surface area contributed by atoms with Gasteiger partial charge in [-0.1, -0.05) is 12.1 Å². The van der Waals surface area contributed by atoms with E-state index in [4.69, 9.17) is 0 Å². The van der Waals surface area contributed by atoms with Gasteiger partial charge in [-0.2, -0.15) is 0 Å². The molecule has 0 saturated heterocycles. The molecule has 1 aliphatic heterocycles. The van der Waals surface area contributed by atoms with Gasteiger partial charge >= 0.3 is 0 Å². The van der Waals surface area contributed by atoms with E-state index >= 15 is 0 Å². The van der Waals surface area contributed by atoms with Gasteiger partial charge in [-0.05, 0) is 36.8 Å². The van der Waals surface area contributed by atoms with E-state index in [0.29, 0.717) is 36.7 Å². The molecule has 148 valence electrons. The number of carbonyl (C=O) groups excluding carboxylic acids is 2. The highest BCUT2D eigenvalue weighted by molar-refractivity contribution is 5.95. The summed E-state index contributed by atoms with van der Waals surface area (Å²) in [6.07, 6.45) is 5.10.